The van der Waals surface area contributed by atoms with Gasteiger partial charge in [0.25, 0.3) is 0 Å². The zero-order valence-electron chi connectivity index (χ0n) is 20.5. The van der Waals surface area contributed by atoms with Crippen LogP contribution < -0.4 is 14.2 Å². The molecule has 0 amide bonds. The van der Waals surface area contributed by atoms with E-state index in [0.29, 0.717) is 28.9 Å². The molecule has 2 heterocycles. The number of benzene rings is 2. The molecule has 4 aromatic rings. The zero-order chi connectivity index (χ0) is 26.9. The van der Waals surface area contributed by atoms with Gasteiger partial charge in [-0.1, -0.05) is 36.4 Å². The van der Waals surface area contributed by atoms with Gasteiger partial charge in [0.05, 0.1) is 33.5 Å². The van der Waals surface area contributed by atoms with Crippen molar-refractivity contribution in [2.24, 2.45) is 5.92 Å². The van der Waals surface area contributed by atoms with Crippen LogP contribution in [0.1, 0.15) is 35.7 Å². The molecule has 2 aromatic heterocycles. The van der Waals surface area contributed by atoms with Crippen LogP contribution in [0.2, 0.25) is 0 Å². The van der Waals surface area contributed by atoms with Gasteiger partial charge < -0.3 is 18.9 Å². The Labute approximate surface area is 215 Å². The van der Waals surface area contributed by atoms with Crippen molar-refractivity contribution < 1.29 is 36.5 Å². The molecule has 1 atom stereocenters. The second-order valence-electron chi connectivity index (χ2n) is 8.81. The molecule has 0 N–H and O–H groups in total. The molecule has 2 aromatic carbocycles. The molecule has 38 heavy (non-hydrogen) atoms. The van der Waals surface area contributed by atoms with E-state index in [1.165, 1.54) is 20.3 Å². The van der Waals surface area contributed by atoms with Crippen LogP contribution in [-0.2, 0) is 18.0 Å². The summed E-state index contributed by atoms with van der Waals surface area (Å²) >= 11 is 0. The molecule has 0 radical (unpaired) electrons. The maximum Gasteiger partial charge on any atom is 0.573 e. The van der Waals surface area contributed by atoms with Crippen molar-refractivity contribution in [2.45, 2.75) is 38.5 Å². The van der Waals surface area contributed by atoms with E-state index in [-0.39, 0.29) is 24.4 Å². The predicted molar refractivity (Wildman–Crippen MR) is 127 cm³/mol. The molecule has 8 nitrogen and oxygen atoms in total. The van der Waals surface area contributed by atoms with Gasteiger partial charge in [-0.2, -0.15) is 15.1 Å². The van der Waals surface area contributed by atoms with E-state index >= 15 is 0 Å². The first-order valence-corrected chi connectivity index (χ1v) is 11.8. The van der Waals surface area contributed by atoms with Crippen LogP contribution in [0.4, 0.5) is 17.6 Å². The maximum absolute atomic E-state index is 14.7. The molecule has 1 unspecified atom stereocenters. The Kier molecular flexibility index (Phi) is 7.06. The minimum atomic E-state index is -5.00. The summed E-state index contributed by atoms with van der Waals surface area (Å²) in [6.45, 7) is 0.445. The van der Waals surface area contributed by atoms with Crippen molar-refractivity contribution in [1.82, 2.24) is 19.7 Å². The standard InChI is InChI=1S/C26H24F4N4O4/c1-35-24-21-19(14-37-13-15-6-4-3-5-7-15)33-34(23(21)31-25(32-24)36-2)22(16-8-9-16)17-10-11-20(18(27)12-17)38-26(28,29)30/h3-7,10-12,16,22H,8-9,13-14H2,1-2H3. The highest BCUT2D eigenvalue weighted by molar-refractivity contribution is 5.84. The monoisotopic (exact) mass is 532 g/mol. The number of halogens is 4. The fraction of sp³-hybridized carbons (Fsp3) is 0.346. The number of alkyl halides is 3. The number of fused-ring (bicyclic) bond motifs is 1. The van der Waals surface area contributed by atoms with Crippen LogP contribution in [0.15, 0.2) is 48.5 Å². The van der Waals surface area contributed by atoms with Gasteiger partial charge in [0.2, 0.25) is 5.88 Å². The molecule has 1 aliphatic rings. The van der Waals surface area contributed by atoms with Gasteiger partial charge in [-0.3, -0.25) is 0 Å². The number of hydrogen-bond acceptors (Lipinski definition) is 7. The average Bonchev–Trinajstić information content (AvgIpc) is 3.67. The Balaban J connectivity index is 1.56. The fourth-order valence-electron chi connectivity index (χ4n) is 4.36. The van der Waals surface area contributed by atoms with E-state index in [4.69, 9.17) is 19.3 Å². The van der Waals surface area contributed by atoms with Gasteiger partial charge in [-0.15, -0.1) is 13.2 Å². The molecule has 0 spiro atoms. The molecule has 0 saturated heterocycles. The maximum atomic E-state index is 14.7. The summed E-state index contributed by atoms with van der Waals surface area (Å²) in [6, 6.07) is 12.6. The van der Waals surface area contributed by atoms with Crippen LogP contribution in [0, 0.1) is 11.7 Å². The molecule has 1 aliphatic carbocycles. The van der Waals surface area contributed by atoms with Crippen molar-refractivity contribution in [3.63, 3.8) is 0 Å². The van der Waals surface area contributed by atoms with Gasteiger partial charge >= 0.3 is 12.4 Å². The first-order valence-electron chi connectivity index (χ1n) is 11.8. The first-order chi connectivity index (χ1) is 18.3. The van der Waals surface area contributed by atoms with Crippen LogP contribution >= 0.6 is 0 Å². The first kappa shape index (κ1) is 25.7. The summed E-state index contributed by atoms with van der Waals surface area (Å²) in [5.41, 5.74) is 2.28. The molecule has 0 bridgehead atoms. The van der Waals surface area contributed by atoms with Crippen molar-refractivity contribution in [1.29, 1.82) is 0 Å². The molecule has 1 fully saturated rings. The summed E-state index contributed by atoms with van der Waals surface area (Å²) in [6.07, 6.45) is -3.35. The van der Waals surface area contributed by atoms with Crippen LogP contribution in [0.5, 0.6) is 17.6 Å². The lowest BCUT2D eigenvalue weighted by Crippen LogP contribution is -2.19. The van der Waals surface area contributed by atoms with E-state index in [0.717, 1.165) is 30.5 Å². The second kappa shape index (κ2) is 10.4. The third kappa shape index (κ3) is 5.49. The molecular formula is C26H24F4N4O4. The summed E-state index contributed by atoms with van der Waals surface area (Å²) in [5.74, 6) is -1.73. The Morgan fingerprint density at radius 3 is 2.39 bits per heavy atom. The number of nitrogens with zero attached hydrogens (tertiary/aromatic N) is 4. The highest BCUT2D eigenvalue weighted by atomic mass is 19.4. The van der Waals surface area contributed by atoms with Gasteiger partial charge in [0.1, 0.15) is 11.1 Å². The summed E-state index contributed by atoms with van der Waals surface area (Å²) < 4.78 is 74.8. The Morgan fingerprint density at radius 2 is 1.76 bits per heavy atom. The van der Waals surface area contributed by atoms with Crippen molar-refractivity contribution >= 4 is 11.0 Å². The fourth-order valence-corrected chi connectivity index (χ4v) is 4.36. The van der Waals surface area contributed by atoms with Gasteiger partial charge in [-0.05, 0) is 42.0 Å². The van der Waals surface area contributed by atoms with Gasteiger partial charge in [0, 0.05) is 0 Å². The molecule has 0 aliphatic heterocycles. The second-order valence-corrected chi connectivity index (χ2v) is 8.81. The van der Waals surface area contributed by atoms with E-state index in [1.807, 2.05) is 30.3 Å². The zero-order valence-corrected chi connectivity index (χ0v) is 20.5. The van der Waals surface area contributed by atoms with Crippen LogP contribution in [0.25, 0.3) is 11.0 Å². The number of ether oxygens (including phenoxy) is 4. The minimum Gasteiger partial charge on any atom is -0.480 e. The molecular weight excluding hydrogens is 508 g/mol. The Morgan fingerprint density at radius 1 is 1.00 bits per heavy atom. The van der Waals surface area contributed by atoms with E-state index < -0.39 is 24.0 Å². The minimum absolute atomic E-state index is 0.0434. The quantitative estimate of drug-likeness (QED) is 0.246. The highest BCUT2D eigenvalue weighted by Crippen LogP contribution is 2.46. The Bertz CT molecular complexity index is 1420. The van der Waals surface area contributed by atoms with Crippen LogP contribution in [0.3, 0.4) is 0 Å². The summed E-state index contributed by atoms with van der Waals surface area (Å²) in [7, 11) is 2.87. The van der Waals surface area contributed by atoms with E-state index in [9.17, 15) is 17.6 Å². The lowest BCUT2D eigenvalue weighted by atomic mass is 10.0. The van der Waals surface area contributed by atoms with Crippen molar-refractivity contribution in [3.8, 4) is 17.6 Å². The van der Waals surface area contributed by atoms with E-state index in [1.54, 1.807) is 4.68 Å². The molecule has 5 rings (SSSR count). The van der Waals surface area contributed by atoms with Gasteiger partial charge in [-0.25, -0.2) is 9.07 Å². The summed E-state index contributed by atoms with van der Waals surface area (Å²) in [5, 5.41) is 5.28. The van der Waals surface area contributed by atoms with Crippen molar-refractivity contribution in [3.05, 3.63) is 71.2 Å². The van der Waals surface area contributed by atoms with E-state index in [2.05, 4.69) is 14.7 Å². The van der Waals surface area contributed by atoms with Gasteiger partial charge in [0.15, 0.2) is 17.2 Å². The predicted octanol–water partition coefficient (Wildman–Crippen LogP) is 5.60. The molecule has 12 heteroatoms. The molecule has 200 valence electrons. The average molecular weight is 532 g/mol. The Hall–Kier alpha value is -3.93. The smallest absolute Gasteiger partial charge is 0.480 e. The largest absolute Gasteiger partial charge is 0.573 e. The lowest BCUT2D eigenvalue weighted by molar-refractivity contribution is -0.275. The normalized spacial score (nSPS) is 14.5. The number of rotatable bonds is 10. The lowest BCUT2D eigenvalue weighted by Gasteiger charge is -2.19. The number of methoxy groups -OCH3 is 2. The summed E-state index contributed by atoms with van der Waals surface area (Å²) in [4.78, 5) is 8.78. The third-order valence-electron chi connectivity index (χ3n) is 6.15. The number of aromatic nitrogens is 4. The van der Waals surface area contributed by atoms with Crippen molar-refractivity contribution in [2.75, 3.05) is 14.2 Å². The number of hydrogen-bond donors (Lipinski definition) is 0. The third-order valence-corrected chi connectivity index (χ3v) is 6.15. The highest BCUT2D eigenvalue weighted by Gasteiger charge is 2.38. The SMILES string of the molecule is COc1nc(OC)c2c(COCc3ccccc3)nn(C(c3ccc(OC(F)(F)F)c(F)c3)C3CC3)c2n1. The topological polar surface area (TPSA) is 80.5 Å². The van der Waals surface area contributed by atoms with Crippen LogP contribution in [-0.4, -0.2) is 40.3 Å². The molecule has 1 saturated carbocycles.